The third-order valence-electron chi connectivity index (χ3n) is 3.75. The first-order valence-corrected chi connectivity index (χ1v) is 6.36. The van der Waals surface area contributed by atoms with E-state index in [0.717, 1.165) is 25.6 Å². The lowest BCUT2D eigenvalue weighted by molar-refractivity contribution is 0.0451. The molecule has 0 amide bonds. The molecule has 0 spiro atoms. The summed E-state index contributed by atoms with van der Waals surface area (Å²) in [5, 5.41) is 13.3. The average molecular weight is 212 g/mol. The largest absolute Gasteiger partial charge is 0.393 e. The molecule has 1 aliphatic carbocycles. The van der Waals surface area contributed by atoms with Crippen molar-refractivity contribution < 1.29 is 5.11 Å². The van der Waals surface area contributed by atoms with Gasteiger partial charge in [-0.25, -0.2) is 0 Å². The predicted octanol–water partition coefficient (Wildman–Crippen LogP) is 0.830. The van der Waals surface area contributed by atoms with E-state index in [1.807, 2.05) is 6.92 Å². The number of likely N-dealkylation sites (tertiary alicyclic amines) is 1. The SMILES string of the molecule is CCNC1CC(C(C)O)CN(C2CC2)C1. The van der Waals surface area contributed by atoms with Crippen LogP contribution in [0.15, 0.2) is 0 Å². The van der Waals surface area contributed by atoms with E-state index in [-0.39, 0.29) is 6.10 Å². The van der Waals surface area contributed by atoms with Gasteiger partial charge in [0.2, 0.25) is 0 Å². The minimum Gasteiger partial charge on any atom is -0.393 e. The number of aliphatic hydroxyl groups excluding tert-OH is 1. The second-order valence-corrected chi connectivity index (χ2v) is 5.18. The number of piperidine rings is 1. The fraction of sp³-hybridized carbons (Fsp3) is 1.00. The van der Waals surface area contributed by atoms with Crippen molar-refractivity contribution in [3.63, 3.8) is 0 Å². The molecular weight excluding hydrogens is 188 g/mol. The highest BCUT2D eigenvalue weighted by atomic mass is 16.3. The summed E-state index contributed by atoms with van der Waals surface area (Å²) in [5.74, 6) is 0.461. The molecule has 2 fully saturated rings. The average Bonchev–Trinajstić information content (AvgIpc) is 3.01. The van der Waals surface area contributed by atoms with Crippen LogP contribution in [0.5, 0.6) is 0 Å². The lowest BCUT2D eigenvalue weighted by atomic mass is 9.90. The zero-order valence-corrected chi connectivity index (χ0v) is 9.95. The number of likely N-dealkylation sites (N-methyl/N-ethyl adjacent to an activating group) is 1. The molecular formula is C12H24N2O. The van der Waals surface area contributed by atoms with E-state index in [4.69, 9.17) is 0 Å². The molecule has 1 aliphatic heterocycles. The van der Waals surface area contributed by atoms with Gasteiger partial charge in [0, 0.05) is 25.2 Å². The van der Waals surface area contributed by atoms with Gasteiger partial charge in [-0.3, -0.25) is 4.90 Å². The molecule has 15 heavy (non-hydrogen) atoms. The summed E-state index contributed by atoms with van der Waals surface area (Å²) in [4.78, 5) is 2.58. The second-order valence-electron chi connectivity index (χ2n) is 5.18. The van der Waals surface area contributed by atoms with Crippen molar-refractivity contribution in [3.8, 4) is 0 Å². The third-order valence-corrected chi connectivity index (χ3v) is 3.75. The molecule has 3 unspecified atom stereocenters. The van der Waals surface area contributed by atoms with Crippen molar-refractivity contribution in [1.29, 1.82) is 0 Å². The Morgan fingerprint density at radius 1 is 1.40 bits per heavy atom. The fourth-order valence-electron chi connectivity index (χ4n) is 2.70. The van der Waals surface area contributed by atoms with E-state index >= 15 is 0 Å². The minimum absolute atomic E-state index is 0.160. The van der Waals surface area contributed by atoms with Crippen molar-refractivity contribution in [1.82, 2.24) is 10.2 Å². The van der Waals surface area contributed by atoms with Gasteiger partial charge in [0.1, 0.15) is 0 Å². The van der Waals surface area contributed by atoms with Gasteiger partial charge >= 0.3 is 0 Å². The Labute approximate surface area is 92.8 Å². The lowest BCUT2D eigenvalue weighted by Gasteiger charge is -2.39. The molecule has 1 heterocycles. The number of rotatable bonds is 4. The molecule has 1 saturated heterocycles. The Kier molecular flexibility index (Phi) is 3.65. The van der Waals surface area contributed by atoms with Crippen molar-refractivity contribution in [2.45, 2.75) is 51.3 Å². The maximum Gasteiger partial charge on any atom is 0.0553 e. The number of hydrogen-bond acceptors (Lipinski definition) is 3. The highest BCUT2D eigenvalue weighted by Crippen LogP contribution is 2.31. The number of hydrogen-bond donors (Lipinski definition) is 2. The molecule has 3 heteroatoms. The van der Waals surface area contributed by atoms with Crippen LogP contribution >= 0.6 is 0 Å². The normalized spacial score (nSPS) is 35.4. The van der Waals surface area contributed by atoms with Crippen molar-refractivity contribution in [2.24, 2.45) is 5.92 Å². The van der Waals surface area contributed by atoms with Crippen LogP contribution in [0.2, 0.25) is 0 Å². The van der Waals surface area contributed by atoms with E-state index < -0.39 is 0 Å². The topological polar surface area (TPSA) is 35.5 Å². The Bertz CT molecular complexity index is 194. The Hall–Kier alpha value is -0.120. The zero-order valence-electron chi connectivity index (χ0n) is 9.95. The first kappa shape index (κ1) is 11.4. The number of nitrogens with one attached hydrogen (secondary N) is 1. The summed E-state index contributed by atoms with van der Waals surface area (Å²) in [6, 6.07) is 1.41. The molecule has 88 valence electrons. The standard InChI is InChI=1S/C12H24N2O/c1-3-13-11-6-10(9(2)15)7-14(8-11)12-4-5-12/h9-13,15H,3-8H2,1-2H3. The van der Waals surface area contributed by atoms with Crippen molar-refractivity contribution in [3.05, 3.63) is 0 Å². The molecule has 0 aromatic rings. The summed E-state index contributed by atoms with van der Waals surface area (Å²) in [6.45, 7) is 7.42. The molecule has 3 atom stereocenters. The predicted molar refractivity (Wildman–Crippen MR) is 61.8 cm³/mol. The van der Waals surface area contributed by atoms with Crippen LogP contribution in [0, 0.1) is 5.92 Å². The van der Waals surface area contributed by atoms with Gasteiger partial charge in [-0.15, -0.1) is 0 Å². The van der Waals surface area contributed by atoms with E-state index in [2.05, 4.69) is 17.1 Å². The van der Waals surface area contributed by atoms with Crippen LogP contribution in [-0.4, -0.2) is 47.8 Å². The van der Waals surface area contributed by atoms with Gasteiger partial charge in [-0.05, 0) is 38.6 Å². The van der Waals surface area contributed by atoms with E-state index in [9.17, 15) is 5.11 Å². The van der Waals surface area contributed by atoms with Crippen LogP contribution in [0.3, 0.4) is 0 Å². The fourth-order valence-corrected chi connectivity index (χ4v) is 2.70. The maximum absolute atomic E-state index is 9.73. The number of nitrogens with zero attached hydrogens (tertiary/aromatic N) is 1. The summed E-state index contributed by atoms with van der Waals surface area (Å²) in [7, 11) is 0. The first-order chi connectivity index (χ1) is 7.20. The monoisotopic (exact) mass is 212 g/mol. The maximum atomic E-state index is 9.73. The highest BCUT2D eigenvalue weighted by Gasteiger charge is 2.36. The van der Waals surface area contributed by atoms with E-state index in [1.54, 1.807) is 0 Å². The van der Waals surface area contributed by atoms with Gasteiger partial charge in [0.15, 0.2) is 0 Å². The smallest absolute Gasteiger partial charge is 0.0553 e. The summed E-state index contributed by atoms with van der Waals surface area (Å²) < 4.78 is 0. The quantitative estimate of drug-likeness (QED) is 0.724. The molecule has 0 aromatic carbocycles. The lowest BCUT2D eigenvalue weighted by Crippen LogP contribution is -2.52. The molecule has 3 nitrogen and oxygen atoms in total. The van der Waals surface area contributed by atoms with E-state index in [1.165, 1.54) is 19.4 Å². The zero-order chi connectivity index (χ0) is 10.8. The molecule has 1 saturated carbocycles. The highest BCUT2D eigenvalue weighted by molar-refractivity contribution is 4.93. The van der Waals surface area contributed by atoms with Crippen LogP contribution in [0.1, 0.15) is 33.1 Å². The van der Waals surface area contributed by atoms with E-state index in [0.29, 0.717) is 12.0 Å². The molecule has 2 rings (SSSR count). The second kappa shape index (κ2) is 4.81. The molecule has 2 N–H and O–H groups in total. The molecule has 0 radical (unpaired) electrons. The minimum atomic E-state index is -0.160. The van der Waals surface area contributed by atoms with Gasteiger partial charge in [-0.1, -0.05) is 6.92 Å². The molecule has 2 aliphatic rings. The first-order valence-electron chi connectivity index (χ1n) is 6.36. The summed E-state index contributed by atoms with van der Waals surface area (Å²) >= 11 is 0. The van der Waals surface area contributed by atoms with Gasteiger partial charge in [0.05, 0.1) is 6.10 Å². The van der Waals surface area contributed by atoms with Crippen LogP contribution in [0.4, 0.5) is 0 Å². The van der Waals surface area contributed by atoms with Crippen LogP contribution < -0.4 is 5.32 Å². The van der Waals surface area contributed by atoms with Gasteiger partial charge < -0.3 is 10.4 Å². The Balaban J connectivity index is 1.91. The van der Waals surface area contributed by atoms with Crippen molar-refractivity contribution in [2.75, 3.05) is 19.6 Å². The number of aliphatic hydroxyl groups is 1. The molecule has 0 aromatic heterocycles. The summed E-state index contributed by atoms with van der Waals surface area (Å²) in [5.41, 5.74) is 0. The van der Waals surface area contributed by atoms with Crippen LogP contribution in [-0.2, 0) is 0 Å². The summed E-state index contributed by atoms with van der Waals surface area (Å²) in [6.07, 6.45) is 3.71. The van der Waals surface area contributed by atoms with Crippen molar-refractivity contribution >= 4 is 0 Å². The van der Waals surface area contributed by atoms with Crippen LogP contribution in [0.25, 0.3) is 0 Å². The van der Waals surface area contributed by atoms with Gasteiger partial charge in [0.25, 0.3) is 0 Å². The van der Waals surface area contributed by atoms with Gasteiger partial charge in [-0.2, -0.15) is 0 Å². The Morgan fingerprint density at radius 3 is 2.67 bits per heavy atom. The third kappa shape index (κ3) is 2.92. The Morgan fingerprint density at radius 2 is 2.13 bits per heavy atom. The molecule has 0 bridgehead atoms.